The first-order chi connectivity index (χ1) is 11.9. The van der Waals surface area contributed by atoms with Gasteiger partial charge in [-0.3, -0.25) is 14.5 Å². The number of morpholine rings is 1. The first kappa shape index (κ1) is 19.2. The van der Waals surface area contributed by atoms with Crippen molar-refractivity contribution in [3.8, 4) is 0 Å². The number of alkyl halides is 3. The molecule has 1 saturated heterocycles. The van der Waals surface area contributed by atoms with Crippen molar-refractivity contribution in [2.75, 3.05) is 44.7 Å². The maximum Gasteiger partial charge on any atom is 0.416 e. The number of nitrogens with zero attached hydrogens (tertiary/aromatic N) is 1. The predicted molar refractivity (Wildman–Crippen MR) is 85.0 cm³/mol. The summed E-state index contributed by atoms with van der Waals surface area (Å²) in [4.78, 5) is 25.6. The van der Waals surface area contributed by atoms with Crippen LogP contribution in [-0.4, -0.2) is 56.1 Å². The quantitative estimate of drug-likeness (QED) is 0.617. The second-order valence-corrected chi connectivity index (χ2v) is 5.60. The number of rotatable bonds is 5. The number of carbonyl (C=O) groups excluding carboxylic acids is 2. The van der Waals surface area contributed by atoms with E-state index in [1.165, 1.54) is 12.1 Å². The van der Waals surface area contributed by atoms with Crippen LogP contribution in [0.5, 0.6) is 0 Å². The molecule has 0 atom stereocenters. The van der Waals surface area contributed by atoms with Crippen LogP contribution < -0.4 is 10.6 Å². The van der Waals surface area contributed by atoms with Crippen LogP contribution in [0.1, 0.15) is 12.0 Å². The van der Waals surface area contributed by atoms with Crippen molar-refractivity contribution in [3.63, 3.8) is 0 Å². The third-order valence-corrected chi connectivity index (χ3v) is 3.69. The van der Waals surface area contributed by atoms with Crippen LogP contribution in [0.2, 0.25) is 0 Å². The van der Waals surface area contributed by atoms with E-state index >= 15 is 0 Å². The van der Waals surface area contributed by atoms with Gasteiger partial charge >= 0.3 is 18.0 Å². The maximum atomic E-state index is 12.6. The first-order valence-corrected chi connectivity index (χ1v) is 7.93. The van der Waals surface area contributed by atoms with Crippen LogP contribution in [0.25, 0.3) is 0 Å². The molecule has 0 aromatic heterocycles. The Morgan fingerprint density at radius 2 is 1.88 bits per heavy atom. The van der Waals surface area contributed by atoms with E-state index in [0.29, 0.717) is 26.2 Å². The molecule has 0 bridgehead atoms. The Morgan fingerprint density at radius 1 is 1.16 bits per heavy atom. The Balaban J connectivity index is 1.73. The molecule has 1 aromatic rings. The molecule has 25 heavy (non-hydrogen) atoms. The van der Waals surface area contributed by atoms with Crippen LogP contribution >= 0.6 is 0 Å². The summed E-state index contributed by atoms with van der Waals surface area (Å²) in [6, 6.07) is 4.13. The van der Waals surface area contributed by atoms with E-state index < -0.39 is 23.6 Å². The molecule has 0 aliphatic carbocycles. The third-order valence-electron chi connectivity index (χ3n) is 3.69. The van der Waals surface area contributed by atoms with Gasteiger partial charge in [-0.15, -0.1) is 0 Å². The molecule has 6 nitrogen and oxygen atoms in total. The molecule has 1 aliphatic heterocycles. The maximum absolute atomic E-state index is 12.6. The smallest absolute Gasteiger partial charge is 0.379 e. The number of nitrogens with one attached hydrogen (secondary N) is 2. The molecule has 1 heterocycles. The van der Waals surface area contributed by atoms with Crippen LogP contribution in [0.3, 0.4) is 0 Å². The highest BCUT2D eigenvalue weighted by Crippen LogP contribution is 2.30. The van der Waals surface area contributed by atoms with Gasteiger partial charge in [-0.2, -0.15) is 13.2 Å². The van der Waals surface area contributed by atoms with Gasteiger partial charge in [-0.1, -0.05) is 6.07 Å². The number of anilines is 1. The van der Waals surface area contributed by atoms with Gasteiger partial charge in [-0.25, -0.2) is 0 Å². The number of ether oxygens (including phenoxy) is 1. The first-order valence-electron chi connectivity index (χ1n) is 7.93. The molecular weight excluding hydrogens is 339 g/mol. The SMILES string of the molecule is O=C(NCCCN1CCOCC1)C(=O)Nc1cccc(C(F)(F)F)c1. The number of halogens is 3. The van der Waals surface area contributed by atoms with E-state index in [1.54, 1.807) is 0 Å². The van der Waals surface area contributed by atoms with E-state index in [4.69, 9.17) is 4.74 Å². The number of benzene rings is 1. The summed E-state index contributed by atoms with van der Waals surface area (Å²) in [5, 5.41) is 4.62. The molecule has 2 amide bonds. The monoisotopic (exact) mass is 359 g/mol. The van der Waals surface area contributed by atoms with Gasteiger partial charge in [0.15, 0.2) is 0 Å². The minimum atomic E-state index is -4.51. The normalized spacial score (nSPS) is 15.6. The second-order valence-electron chi connectivity index (χ2n) is 5.60. The Labute approximate surface area is 143 Å². The molecule has 0 radical (unpaired) electrons. The average Bonchev–Trinajstić information content (AvgIpc) is 2.59. The van der Waals surface area contributed by atoms with Crippen molar-refractivity contribution in [1.82, 2.24) is 10.2 Å². The lowest BCUT2D eigenvalue weighted by Crippen LogP contribution is -2.39. The molecule has 1 aliphatic rings. The summed E-state index contributed by atoms with van der Waals surface area (Å²) in [5.41, 5.74) is -0.973. The summed E-state index contributed by atoms with van der Waals surface area (Å²) in [6.07, 6.45) is -3.84. The lowest BCUT2D eigenvalue weighted by Gasteiger charge is -2.26. The predicted octanol–water partition coefficient (Wildman–Crippen LogP) is 1.48. The average molecular weight is 359 g/mol. The number of hydrogen-bond acceptors (Lipinski definition) is 4. The topological polar surface area (TPSA) is 70.7 Å². The van der Waals surface area contributed by atoms with Gasteiger partial charge in [0.2, 0.25) is 0 Å². The molecule has 138 valence electrons. The van der Waals surface area contributed by atoms with Crippen molar-refractivity contribution in [2.45, 2.75) is 12.6 Å². The van der Waals surface area contributed by atoms with E-state index in [2.05, 4.69) is 15.5 Å². The summed E-state index contributed by atoms with van der Waals surface area (Å²) in [5.74, 6) is -1.87. The number of amides is 2. The van der Waals surface area contributed by atoms with Gasteiger partial charge in [-0.05, 0) is 31.2 Å². The number of hydrogen-bond donors (Lipinski definition) is 2. The van der Waals surface area contributed by atoms with Gasteiger partial charge < -0.3 is 15.4 Å². The lowest BCUT2D eigenvalue weighted by atomic mass is 10.2. The third kappa shape index (κ3) is 6.35. The molecule has 2 rings (SSSR count). The lowest BCUT2D eigenvalue weighted by molar-refractivity contribution is -0.137. The van der Waals surface area contributed by atoms with E-state index in [-0.39, 0.29) is 5.69 Å². The molecule has 9 heteroatoms. The Hall–Kier alpha value is -2.13. The summed E-state index contributed by atoms with van der Waals surface area (Å²) < 4.78 is 43.1. The largest absolute Gasteiger partial charge is 0.416 e. The summed E-state index contributed by atoms with van der Waals surface area (Å²) >= 11 is 0. The highest BCUT2D eigenvalue weighted by atomic mass is 19.4. The fraction of sp³-hybridized carbons (Fsp3) is 0.500. The zero-order valence-corrected chi connectivity index (χ0v) is 13.6. The highest BCUT2D eigenvalue weighted by Gasteiger charge is 2.30. The fourth-order valence-corrected chi connectivity index (χ4v) is 2.37. The van der Waals surface area contributed by atoms with Crippen molar-refractivity contribution < 1.29 is 27.5 Å². The van der Waals surface area contributed by atoms with Gasteiger partial charge in [0, 0.05) is 25.3 Å². The van der Waals surface area contributed by atoms with E-state index in [9.17, 15) is 22.8 Å². The van der Waals surface area contributed by atoms with Crippen LogP contribution in [-0.2, 0) is 20.5 Å². The summed E-state index contributed by atoms with van der Waals surface area (Å²) in [7, 11) is 0. The van der Waals surface area contributed by atoms with Crippen LogP contribution in [0.4, 0.5) is 18.9 Å². The minimum Gasteiger partial charge on any atom is -0.379 e. The van der Waals surface area contributed by atoms with Gasteiger partial charge in [0.05, 0.1) is 18.8 Å². The van der Waals surface area contributed by atoms with Gasteiger partial charge in [0.25, 0.3) is 0 Å². The Morgan fingerprint density at radius 3 is 2.56 bits per heavy atom. The van der Waals surface area contributed by atoms with E-state index in [0.717, 1.165) is 31.8 Å². The highest BCUT2D eigenvalue weighted by molar-refractivity contribution is 6.39. The van der Waals surface area contributed by atoms with Crippen LogP contribution in [0.15, 0.2) is 24.3 Å². The van der Waals surface area contributed by atoms with Crippen molar-refractivity contribution >= 4 is 17.5 Å². The molecule has 0 saturated carbocycles. The minimum absolute atomic E-state index is 0.0803. The number of carbonyl (C=O) groups is 2. The van der Waals surface area contributed by atoms with Crippen molar-refractivity contribution in [2.24, 2.45) is 0 Å². The van der Waals surface area contributed by atoms with Crippen molar-refractivity contribution in [3.05, 3.63) is 29.8 Å². The fourth-order valence-electron chi connectivity index (χ4n) is 2.37. The molecule has 0 unspecified atom stereocenters. The zero-order valence-electron chi connectivity index (χ0n) is 13.6. The molecule has 0 spiro atoms. The molecule has 2 N–H and O–H groups in total. The van der Waals surface area contributed by atoms with Crippen LogP contribution in [0, 0.1) is 0 Å². The van der Waals surface area contributed by atoms with Crippen molar-refractivity contribution in [1.29, 1.82) is 0 Å². The zero-order chi connectivity index (χ0) is 18.3. The molecule has 1 aromatic carbocycles. The van der Waals surface area contributed by atoms with E-state index in [1.807, 2.05) is 0 Å². The Bertz CT molecular complexity index is 602. The molecular formula is C16H20F3N3O3. The Kier molecular flexibility index (Phi) is 6.77. The summed E-state index contributed by atoms with van der Waals surface area (Å²) in [6.45, 7) is 4.14. The second kappa shape index (κ2) is 8.82. The molecule has 1 fully saturated rings. The standard InChI is InChI=1S/C16H20F3N3O3/c17-16(18,19)12-3-1-4-13(11-12)21-15(24)14(23)20-5-2-6-22-7-9-25-10-8-22/h1,3-4,11H,2,5-10H2,(H,20,23)(H,21,24). The van der Waals surface area contributed by atoms with Gasteiger partial charge in [0.1, 0.15) is 0 Å².